The van der Waals surface area contributed by atoms with Gasteiger partial charge in [-0.25, -0.2) is 0 Å². The molecular weight excluding hydrogens is 1010 g/mol. The van der Waals surface area contributed by atoms with Gasteiger partial charge in [-0.1, -0.05) is 36.4 Å². The summed E-state index contributed by atoms with van der Waals surface area (Å²) < 4.78 is 0. The molecule has 2 aliphatic rings. The first-order chi connectivity index (χ1) is 13.7. The van der Waals surface area contributed by atoms with Crippen molar-refractivity contribution in [2.75, 3.05) is 0 Å². The number of Topliss-reactive ketones (excluding diaryl/α,β-unsaturated/α-hetero) is 1. The first-order valence-electron chi connectivity index (χ1n) is 8.52. The Labute approximate surface area is 240 Å². The molecule has 0 unspecified atom stereocenters. The van der Waals surface area contributed by atoms with Crippen molar-refractivity contribution in [3.63, 3.8) is 0 Å². The van der Waals surface area contributed by atoms with Crippen LogP contribution in [-0.4, -0.2) is 10.9 Å². The van der Waals surface area contributed by atoms with E-state index in [1.54, 1.807) is 18.2 Å². The second kappa shape index (κ2) is 16.2. The van der Waals surface area contributed by atoms with E-state index in [0.29, 0.717) is 27.9 Å². The molecule has 157 valence electrons. The van der Waals surface area contributed by atoms with Crippen molar-refractivity contribution in [2.24, 2.45) is 0 Å². The van der Waals surface area contributed by atoms with Crippen LogP contribution >= 0.6 is 99.9 Å². The number of rotatable bonds is 0. The molecule has 9 heteroatoms. The number of fused-ring (bicyclic) bond motifs is 2. The van der Waals surface area contributed by atoms with Gasteiger partial charge in [-0.2, -0.15) is 0 Å². The zero-order valence-electron chi connectivity index (χ0n) is 15.8. The predicted molar refractivity (Wildman–Crippen MR) is 159 cm³/mol. The van der Waals surface area contributed by atoms with Crippen molar-refractivity contribution in [1.82, 2.24) is 0 Å². The van der Waals surface area contributed by atoms with Gasteiger partial charge in [0.1, 0.15) is 5.75 Å². The molecule has 0 aliphatic heterocycles. The number of aromatic hydroxyl groups is 1. The van der Waals surface area contributed by atoms with Gasteiger partial charge in [0.25, 0.3) is 0 Å². The summed E-state index contributed by atoms with van der Waals surface area (Å²) in [4.78, 5) is 10.8. The van der Waals surface area contributed by atoms with E-state index in [4.69, 9.17) is 0 Å². The van der Waals surface area contributed by atoms with Crippen LogP contribution in [-0.2, 0) is 27.2 Å². The molecule has 0 saturated heterocycles. The molecule has 2 aliphatic carbocycles. The van der Waals surface area contributed by atoms with Crippen LogP contribution in [0.3, 0.4) is 0 Å². The van der Waals surface area contributed by atoms with Gasteiger partial charge >= 0.3 is 114 Å². The third-order valence-electron chi connectivity index (χ3n) is 4.50. The molecule has 0 saturated carbocycles. The Hall–Kier alpha value is 2.47. The maximum atomic E-state index is 11.1. The number of carbonyl (C=O) groups excluding carboxylic acids is 1. The molecule has 2 aromatic rings. The van der Waals surface area contributed by atoms with Gasteiger partial charge in [-0.05, 0) is 55.0 Å². The number of phenols is 1. The molecule has 0 fully saturated rings. The average molecular weight is 1030 g/mol. The SMILES string of the molecule is CC1=CCc2c(C)cccc21.O=C1CCc2c(O)cccc21.[I][V]([I])[I].[I][V][I]. The van der Waals surface area contributed by atoms with Crippen molar-refractivity contribution in [3.05, 3.63) is 70.3 Å². The van der Waals surface area contributed by atoms with Gasteiger partial charge in [0.15, 0.2) is 5.78 Å². The summed E-state index contributed by atoms with van der Waals surface area (Å²) >= 11 is 12.1. The summed E-state index contributed by atoms with van der Waals surface area (Å²) in [7, 11) is 0.628. The summed E-state index contributed by atoms with van der Waals surface area (Å²) in [6, 6.07) is 11.6. The Balaban J connectivity index is 0.000000222. The predicted octanol–water partition coefficient (Wildman–Crippen LogP) is 8.90. The van der Waals surface area contributed by atoms with Crippen LogP contribution in [0.1, 0.15) is 46.0 Å². The number of aryl methyl sites for hydroxylation is 1. The summed E-state index contributed by atoms with van der Waals surface area (Å²) in [5, 5.41) is 9.30. The fourth-order valence-electron chi connectivity index (χ4n) is 3.18. The molecule has 0 atom stereocenters. The summed E-state index contributed by atoms with van der Waals surface area (Å²) in [5.74, 6) is 0.407. The van der Waals surface area contributed by atoms with Crippen LogP contribution in [0.5, 0.6) is 5.75 Å². The van der Waals surface area contributed by atoms with E-state index in [2.05, 4.69) is 138 Å². The molecule has 0 spiro atoms. The monoisotopic (exact) mass is 1030 g/mol. The number of hydrogen-bond acceptors (Lipinski definition) is 2. The molecule has 4 rings (SSSR count). The molecule has 2 nitrogen and oxygen atoms in total. The number of carbonyl (C=O) groups is 1. The molecule has 0 heterocycles. The van der Waals surface area contributed by atoms with E-state index in [1.165, 1.54) is 22.3 Å². The van der Waals surface area contributed by atoms with E-state index in [1.807, 2.05) is 0 Å². The number of benzene rings is 2. The Morgan fingerprint density at radius 2 is 1.48 bits per heavy atom. The second-order valence-corrected chi connectivity index (χ2v) is 53.3. The van der Waals surface area contributed by atoms with Crippen LogP contribution in [0, 0.1) is 6.92 Å². The Bertz CT molecular complexity index is 848. The van der Waals surface area contributed by atoms with Gasteiger partial charge in [-0.15, -0.1) is 0 Å². The van der Waals surface area contributed by atoms with Crippen molar-refractivity contribution >= 4 is 111 Å². The minimum absolute atomic E-state index is 0.149. The number of phenolic OH excluding ortho intramolecular Hbond substituents is 1. The second-order valence-electron chi connectivity index (χ2n) is 6.17. The van der Waals surface area contributed by atoms with Crippen LogP contribution in [0.4, 0.5) is 0 Å². The zero-order valence-corrected chi connectivity index (χ0v) is 29.4. The van der Waals surface area contributed by atoms with E-state index >= 15 is 0 Å². The van der Waals surface area contributed by atoms with Gasteiger partial charge < -0.3 is 5.11 Å². The van der Waals surface area contributed by atoms with Crippen molar-refractivity contribution in [1.29, 1.82) is 0 Å². The topological polar surface area (TPSA) is 37.3 Å². The molecule has 0 bridgehead atoms. The fourth-order valence-corrected chi connectivity index (χ4v) is 3.18. The number of ketones is 1. The fraction of sp³-hybridized carbons (Fsp3) is 0.250. The van der Waals surface area contributed by atoms with Gasteiger partial charge in [0, 0.05) is 17.5 Å². The van der Waals surface area contributed by atoms with Crippen molar-refractivity contribution < 1.29 is 24.3 Å². The molecular formula is C20H20I5O2V2. The number of allylic oxidation sites excluding steroid dienone is 2. The average Bonchev–Trinajstić information content (AvgIpc) is 3.22. The van der Waals surface area contributed by atoms with Crippen molar-refractivity contribution in [2.45, 2.75) is 33.1 Å². The van der Waals surface area contributed by atoms with E-state index in [-0.39, 0.29) is 16.5 Å². The zero-order chi connectivity index (χ0) is 22.0. The Morgan fingerprint density at radius 3 is 2.03 bits per heavy atom. The van der Waals surface area contributed by atoms with Gasteiger partial charge in [0.2, 0.25) is 0 Å². The maximum absolute atomic E-state index is 11.1. The van der Waals surface area contributed by atoms with Gasteiger partial charge in [-0.3, -0.25) is 4.79 Å². The molecule has 0 aromatic heterocycles. The molecule has 1 N–H and O–H groups in total. The first kappa shape index (κ1) is 29.5. The van der Waals surface area contributed by atoms with Gasteiger partial charge in [0.05, 0.1) is 0 Å². The Morgan fingerprint density at radius 1 is 0.931 bits per heavy atom. The number of hydrogen-bond donors (Lipinski definition) is 1. The van der Waals surface area contributed by atoms with Crippen LogP contribution in [0.25, 0.3) is 5.57 Å². The minimum atomic E-state index is -0.278. The van der Waals surface area contributed by atoms with Crippen molar-refractivity contribution in [3.8, 4) is 5.75 Å². The van der Waals surface area contributed by atoms with Crippen LogP contribution in [0.15, 0.2) is 42.5 Å². The third kappa shape index (κ3) is 10.5. The quantitative estimate of drug-likeness (QED) is 0.268. The standard InChI is InChI=1S/C11H12.C9H8O2.5HI.2V/c1-8-4-3-5-10-9(2)6-7-11(8)10;10-8-3-1-2-6-7(8)4-5-9(6)11;;;;;;;/h3-6H,7H2,1-2H3;1-3,10H,4-5H2;5*1H;;/q;;;;;;;+2;+3/p-5. The number of halogens is 5. The normalized spacial score (nSPS) is 13.0. The van der Waals surface area contributed by atoms with E-state index < -0.39 is 0 Å². The molecule has 29 heavy (non-hydrogen) atoms. The summed E-state index contributed by atoms with van der Waals surface area (Å²) in [6.45, 7) is 4.37. The van der Waals surface area contributed by atoms with E-state index in [9.17, 15) is 9.90 Å². The third-order valence-corrected chi connectivity index (χ3v) is 4.50. The Kier molecular flexibility index (Phi) is 16.4. The molecule has 0 radical (unpaired) electrons. The summed E-state index contributed by atoms with van der Waals surface area (Å²) in [5.41, 5.74) is 7.34. The van der Waals surface area contributed by atoms with E-state index in [0.717, 1.165) is 12.0 Å². The first-order valence-corrected chi connectivity index (χ1v) is 31.0. The summed E-state index contributed by atoms with van der Waals surface area (Å²) in [6.07, 6.45) is 4.68. The van der Waals surface area contributed by atoms with Crippen LogP contribution < -0.4 is 0 Å². The molecule has 0 amide bonds. The molecule has 2 aromatic carbocycles. The van der Waals surface area contributed by atoms with Crippen LogP contribution in [0.2, 0.25) is 0 Å².